The number of aromatic nitrogens is 1. The van der Waals surface area contributed by atoms with E-state index in [0.29, 0.717) is 0 Å². The minimum Gasteiger partial charge on any atom is -0.265 e. The zero-order valence-corrected chi connectivity index (χ0v) is 12.7. The van der Waals surface area contributed by atoms with Crippen molar-refractivity contribution >= 4 is 27.5 Å². The van der Waals surface area contributed by atoms with Gasteiger partial charge in [-0.05, 0) is 35.7 Å². The van der Waals surface area contributed by atoms with Gasteiger partial charge in [0.25, 0.3) is 0 Å². The Morgan fingerprint density at radius 3 is 2.50 bits per heavy atom. The SMILES string of the molecule is Cc1cccc(C(Cl)C(C)c2ccncc2)c1Br. The Labute approximate surface area is 121 Å². The van der Waals surface area contributed by atoms with Crippen LogP contribution in [0.3, 0.4) is 0 Å². The number of nitrogens with zero attached hydrogens (tertiary/aromatic N) is 1. The van der Waals surface area contributed by atoms with E-state index in [2.05, 4.69) is 46.9 Å². The molecular formula is C15H15BrClN. The van der Waals surface area contributed by atoms with Gasteiger partial charge in [0, 0.05) is 22.8 Å². The van der Waals surface area contributed by atoms with Gasteiger partial charge in [0.15, 0.2) is 0 Å². The molecular weight excluding hydrogens is 310 g/mol. The Hall–Kier alpha value is -0.860. The topological polar surface area (TPSA) is 12.9 Å². The van der Waals surface area contributed by atoms with Gasteiger partial charge in [-0.25, -0.2) is 0 Å². The van der Waals surface area contributed by atoms with Gasteiger partial charge in [-0.1, -0.05) is 41.1 Å². The van der Waals surface area contributed by atoms with E-state index in [-0.39, 0.29) is 11.3 Å². The van der Waals surface area contributed by atoms with Crippen molar-refractivity contribution < 1.29 is 0 Å². The van der Waals surface area contributed by atoms with Crippen LogP contribution in [-0.2, 0) is 0 Å². The maximum absolute atomic E-state index is 6.62. The minimum absolute atomic E-state index is 0.0540. The fourth-order valence-electron chi connectivity index (χ4n) is 1.99. The van der Waals surface area contributed by atoms with E-state index in [9.17, 15) is 0 Å². The summed E-state index contributed by atoms with van der Waals surface area (Å²) < 4.78 is 1.10. The lowest BCUT2D eigenvalue weighted by Crippen LogP contribution is -2.04. The summed E-state index contributed by atoms with van der Waals surface area (Å²) in [6.45, 7) is 4.22. The van der Waals surface area contributed by atoms with Crippen molar-refractivity contribution in [2.45, 2.75) is 25.1 Å². The summed E-state index contributed by atoms with van der Waals surface area (Å²) in [5.74, 6) is 0.243. The molecule has 1 nitrogen and oxygen atoms in total. The molecule has 0 bridgehead atoms. The number of halogens is 2. The van der Waals surface area contributed by atoms with E-state index >= 15 is 0 Å². The van der Waals surface area contributed by atoms with Gasteiger partial charge in [0.1, 0.15) is 0 Å². The Morgan fingerprint density at radius 2 is 1.83 bits per heavy atom. The Kier molecular flexibility index (Phi) is 4.41. The van der Waals surface area contributed by atoms with E-state index in [1.54, 1.807) is 12.4 Å². The number of aryl methyl sites for hydroxylation is 1. The molecule has 94 valence electrons. The minimum atomic E-state index is -0.0540. The molecule has 0 fully saturated rings. The van der Waals surface area contributed by atoms with Gasteiger partial charge in [-0.3, -0.25) is 4.98 Å². The molecule has 0 spiro atoms. The summed E-state index contributed by atoms with van der Waals surface area (Å²) in [6, 6.07) is 10.2. The largest absolute Gasteiger partial charge is 0.265 e. The molecule has 1 aromatic carbocycles. The van der Waals surface area contributed by atoms with E-state index in [1.807, 2.05) is 18.2 Å². The first-order valence-corrected chi connectivity index (χ1v) is 7.13. The number of pyridine rings is 1. The molecule has 2 atom stereocenters. The first-order valence-electron chi connectivity index (χ1n) is 5.90. The van der Waals surface area contributed by atoms with Crippen LogP contribution in [0, 0.1) is 6.92 Å². The van der Waals surface area contributed by atoms with Gasteiger partial charge in [-0.2, -0.15) is 0 Å². The summed E-state index contributed by atoms with van der Waals surface area (Å²) in [5, 5.41) is -0.0540. The molecule has 1 heterocycles. The Balaban J connectivity index is 2.31. The zero-order valence-electron chi connectivity index (χ0n) is 10.4. The molecule has 0 saturated heterocycles. The predicted octanol–water partition coefficient (Wildman–Crippen LogP) is 5.24. The van der Waals surface area contributed by atoms with E-state index in [0.717, 1.165) is 10.0 Å². The molecule has 0 aliphatic carbocycles. The van der Waals surface area contributed by atoms with Gasteiger partial charge < -0.3 is 0 Å². The quantitative estimate of drug-likeness (QED) is 0.704. The summed E-state index contributed by atoms with van der Waals surface area (Å²) in [6.07, 6.45) is 3.61. The maximum atomic E-state index is 6.62. The fraction of sp³-hybridized carbons (Fsp3) is 0.267. The average Bonchev–Trinajstić information content (AvgIpc) is 2.41. The second-order valence-electron chi connectivity index (χ2n) is 4.45. The monoisotopic (exact) mass is 323 g/mol. The second-order valence-corrected chi connectivity index (χ2v) is 5.71. The second kappa shape index (κ2) is 5.85. The molecule has 2 rings (SSSR count). The van der Waals surface area contributed by atoms with Crippen molar-refractivity contribution in [2.24, 2.45) is 0 Å². The summed E-state index contributed by atoms with van der Waals surface area (Å²) in [4.78, 5) is 4.04. The van der Waals surface area contributed by atoms with Crippen molar-refractivity contribution in [3.63, 3.8) is 0 Å². The first kappa shape index (κ1) is 13.6. The van der Waals surface area contributed by atoms with Crippen molar-refractivity contribution in [1.82, 2.24) is 4.98 Å². The van der Waals surface area contributed by atoms with Crippen LogP contribution in [0.1, 0.15) is 34.9 Å². The lowest BCUT2D eigenvalue weighted by molar-refractivity contribution is 0.727. The van der Waals surface area contributed by atoms with Crippen LogP contribution >= 0.6 is 27.5 Å². The van der Waals surface area contributed by atoms with E-state index in [4.69, 9.17) is 11.6 Å². The van der Waals surface area contributed by atoms with Crippen LogP contribution in [0.15, 0.2) is 47.2 Å². The third-order valence-electron chi connectivity index (χ3n) is 3.19. The lowest BCUT2D eigenvalue weighted by Gasteiger charge is -2.20. The highest BCUT2D eigenvalue weighted by Crippen LogP contribution is 2.39. The molecule has 0 amide bonds. The van der Waals surface area contributed by atoms with Crippen molar-refractivity contribution in [1.29, 1.82) is 0 Å². The zero-order chi connectivity index (χ0) is 13.1. The molecule has 0 aliphatic heterocycles. The highest BCUT2D eigenvalue weighted by atomic mass is 79.9. The van der Waals surface area contributed by atoms with Gasteiger partial charge in [0.05, 0.1) is 5.38 Å². The smallest absolute Gasteiger partial charge is 0.0662 e. The van der Waals surface area contributed by atoms with Crippen LogP contribution in [0.5, 0.6) is 0 Å². The standard InChI is InChI=1S/C15H15BrClN/c1-10-4-3-5-13(14(10)16)15(17)11(2)12-6-8-18-9-7-12/h3-9,11,15H,1-2H3. The molecule has 18 heavy (non-hydrogen) atoms. The normalized spacial score (nSPS) is 14.2. The highest BCUT2D eigenvalue weighted by Gasteiger charge is 2.20. The fourth-order valence-corrected chi connectivity index (χ4v) is 2.96. The van der Waals surface area contributed by atoms with Crippen molar-refractivity contribution in [3.05, 3.63) is 63.9 Å². The molecule has 0 aliphatic rings. The maximum Gasteiger partial charge on any atom is 0.0662 e. The molecule has 2 unspecified atom stereocenters. The van der Waals surface area contributed by atoms with Gasteiger partial charge >= 0.3 is 0 Å². The number of hydrogen-bond donors (Lipinski definition) is 0. The molecule has 0 saturated carbocycles. The number of alkyl halides is 1. The van der Waals surface area contributed by atoms with E-state index < -0.39 is 0 Å². The third-order valence-corrected chi connectivity index (χ3v) is 4.89. The molecule has 0 radical (unpaired) electrons. The van der Waals surface area contributed by atoms with Gasteiger partial charge in [0.2, 0.25) is 0 Å². The predicted molar refractivity (Wildman–Crippen MR) is 80.1 cm³/mol. The number of hydrogen-bond acceptors (Lipinski definition) is 1. The third kappa shape index (κ3) is 2.76. The number of rotatable bonds is 3. The Bertz CT molecular complexity index is 527. The molecule has 3 heteroatoms. The van der Waals surface area contributed by atoms with Gasteiger partial charge in [-0.15, -0.1) is 11.6 Å². The molecule has 0 N–H and O–H groups in total. The van der Waals surface area contributed by atoms with Crippen molar-refractivity contribution in [3.8, 4) is 0 Å². The van der Waals surface area contributed by atoms with Crippen LogP contribution in [-0.4, -0.2) is 4.98 Å². The average molecular weight is 325 g/mol. The van der Waals surface area contributed by atoms with Crippen LogP contribution in [0.4, 0.5) is 0 Å². The first-order chi connectivity index (χ1) is 8.61. The molecule has 2 aromatic rings. The van der Waals surface area contributed by atoms with Crippen LogP contribution < -0.4 is 0 Å². The summed E-state index contributed by atoms with van der Waals surface area (Å²) in [5.41, 5.74) is 3.56. The lowest BCUT2D eigenvalue weighted by atomic mass is 9.93. The highest BCUT2D eigenvalue weighted by molar-refractivity contribution is 9.10. The summed E-state index contributed by atoms with van der Waals surface area (Å²) in [7, 11) is 0. The van der Waals surface area contributed by atoms with E-state index in [1.165, 1.54) is 11.1 Å². The summed E-state index contributed by atoms with van der Waals surface area (Å²) >= 11 is 10.2. The number of benzene rings is 1. The van der Waals surface area contributed by atoms with Crippen LogP contribution in [0.2, 0.25) is 0 Å². The van der Waals surface area contributed by atoms with Crippen molar-refractivity contribution in [2.75, 3.05) is 0 Å². The molecule has 1 aromatic heterocycles. The Morgan fingerprint density at radius 1 is 1.17 bits per heavy atom. The van der Waals surface area contributed by atoms with Crippen LogP contribution in [0.25, 0.3) is 0 Å².